The maximum atomic E-state index is 8.77. The fourth-order valence-electron chi connectivity index (χ4n) is 1.95. The standard InChI is InChI=1S/C6H12NOP/c8-3-6-4-1-7(9)2-5(4)6/h4-6,8H,1-3,9H2/t4-,5+,6?. The summed E-state index contributed by atoms with van der Waals surface area (Å²) in [7, 11) is 2.72. The third-order valence-corrected chi connectivity index (χ3v) is 3.03. The van der Waals surface area contributed by atoms with Gasteiger partial charge < -0.3 is 5.11 Å². The van der Waals surface area contributed by atoms with Crippen LogP contribution in [0.1, 0.15) is 0 Å². The van der Waals surface area contributed by atoms with Crippen LogP contribution in [0.2, 0.25) is 0 Å². The lowest BCUT2D eigenvalue weighted by Gasteiger charge is -2.10. The van der Waals surface area contributed by atoms with Gasteiger partial charge in [0.15, 0.2) is 0 Å². The van der Waals surface area contributed by atoms with Crippen molar-refractivity contribution in [3.63, 3.8) is 0 Å². The Morgan fingerprint density at radius 1 is 1.44 bits per heavy atom. The van der Waals surface area contributed by atoms with Crippen LogP contribution in [0.3, 0.4) is 0 Å². The highest BCUT2D eigenvalue weighted by Gasteiger charge is 2.54. The highest BCUT2D eigenvalue weighted by atomic mass is 31.0. The molecule has 0 spiro atoms. The van der Waals surface area contributed by atoms with Gasteiger partial charge in [0.25, 0.3) is 0 Å². The second-order valence-electron chi connectivity index (χ2n) is 3.13. The Morgan fingerprint density at radius 3 is 2.44 bits per heavy atom. The van der Waals surface area contributed by atoms with E-state index in [9.17, 15) is 0 Å². The first-order valence-electron chi connectivity index (χ1n) is 3.43. The Balaban J connectivity index is 1.91. The Morgan fingerprint density at radius 2 is 2.00 bits per heavy atom. The molecule has 4 atom stereocenters. The van der Waals surface area contributed by atoms with Crippen molar-refractivity contribution in [1.82, 2.24) is 4.67 Å². The lowest BCUT2D eigenvalue weighted by molar-refractivity contribution is 0.250. The number of nitrogens with zero attached hydrogens (tertiary/aromatic N) is 1. The number of hydrogen-bond donors (Lipinski definition) is 1. The Labute approximate surface area is 57.5 Å². The molecule has 0 radical (unpaired) electrons. The first-order valence-corrected chi connectivity index (χ1v) is 3.95. The number of hydrogen-bond acceptors (Lipinski definition) is 2. The van der Waals surface area contributed by atoms with Gasteiger partial charge in [0, 0.05) is 19.7 Å². The van der Waals surface area contributed by atoms with Gasteiger partial charge in [-0.3, -0.25) is 4.67 Å². The molecule has 9 heavy (non-hydrogen) atoms. The molecule has 52 valence electrons. The molecule has 0 aromatic heterocycles. The third kappa shape index (κ3) is 0.813. The maximum absolute atomic E-state index is 8.77. The summed E-state index contributed by atoms with van der Waals surface area (Å²) in [6.45, 7) is 2.77. The summed E-state index contributed by atoms with van der Waals surface area (Å²) in [6, 6.07) is 0. The summed E-state index contributed by atoms with van der Waals surface area (Å²) in [5.41, 5.74) is 0. The average Bonchev–Trinajstić information content (AvgIpc) is 2.30. The maximum Gasteiger partial charge on any atom is 0.0465 e. The van der Waals surface area contributed by atoms with Crippen molar-refractivity contribution in [2.45, 2.75) is 0 Å². The van der Waals surface area contributed by atoms with Gasteiger partial charge in [-0.05, 0) is 17.8 Å². The molecule has 3 heteroatoms. The lowest BCUT2D eigenvalue weighted by atomic mass is 10.3. The van der Waals surface area contributed by atoms with Gasteiger partial charge in [-0.25, -0.2) is 0 Å². The summed E-state index contributed by atoms with van der Waals surface area (Å²) < 4.78 is 2.27. The smallest absolute Gasteiger partial charge is 0.0465 e. The van der Waals surface area contributed by atoms with Crippen LogP contribution < -0.4 is 0 Å². The molecule has 2 unspecified atom stereocenters. The van der Waals surface area contributed by atoms with E-state index < -0.39 is 0 Å². The molecule has 1 aliphatic carbocycles. The number of aliphatic hydroxyl groups is 1. The van der Waals surface area contributed by atoms with E-state index in [1.54, 1.807) is 0 Å². The van der Waals surface area contributed by atoms with Crippen molar-refractivity contribution in [3.05, 3.63) is 0 Å². The molecule has 1 aliphatic heterocycles. The molecule has 2 nitrogen and oxygen atoms in total. The fourth-order valence-corrected chi connectivity index (χ4v) is 2.44. The van der Waals surface area contributed by atoms with E-state index in [1.165, 1.54) is 13.1 Å². The molecule has 0 aromatic rings. The minimum Gasteiger partial charge on any atom is -0.396 e. The van der Waals surface area contributed by atoms with Crippen LogP contribution in [-0.4, -0.2) is 29.5 Å². The van der Waals surface area contributed by atoms with Crippen molar-refractivity contribution in [2.75, 3.05) is 19.7 Å². The summed E-state index contributed by atoms with van der Waals surface area (Å²) in [6.07, 6.45) is 0. The van der Waals surface area contributed by atoms with Crippen molar-refractivity contribution in [2.24, 2.45) is 17.8 Å². The number of aliphatic hydroxyl groups excluding tert-OH is 1. The van der Waals surface area contributed by atoms with E-state index in [1.807, 2.05) is 0 Å². The minimum atomic E-state index is 0.411. The summed E-state index contributed by atoms with van der Waals surface area (Å²) in [4.78, 5) is 0. The van der Waals surface area contributed by atoms with Crippen LogP contribution in [0, 0.1) is 17.8 Å². The van der Waals surface area contributed by atoms with Gasteiger partial charge in [-0.15, -0.1) is 0 Å². The fraction of sp³-hybridized carbons (Fsp3) is 1.00. The van der Waals surface area contributed by atoms with Gasteiger partial charge in [0.05, 0.1) is 0 Å². The molecule has 1 heterocycles. The quantitative estimate of drug-likeness (QED) is 0.523. The van der Waals surface area contributed by atoms with Gasteiger partial charge in [-0.1, -0.05) is 9.39 Å². The molecule has 2 aliphatic rings. The minimum absolute atomic E-state index is 0.411. The third-order valence-electron chi connectivity index (χ3n) is 2.61. The summed E-state index contributed by atoms with van der Waals surface area (Å²) >= 11 is 0. The molecule has 0 amide bonds. The number of fused-ring (bicyclic) bond motifs is 1. The van der Waals surface area contributed by atoms with Crippen LogP contribution in [-0.2, 0) is 0 Å². The molecular formula is C6H12NOP. The van der Waals surface area contributed by atoms with Crippen molar-refractivity contribution in [3.8, 4) is 0 Å². The highest BCUT2D eigenvalue weighted by Crippen LogP contribution is 2.51. The molecule has 1 saturated carbocycles. The SMILES string of the molecule is OCC1[C@H]2CN(P)C[C@@H]12. The van der Waals surface area contributed by atoms with E-state index in [0.717, 1.165) is 11.8 Å². The monoisotopic (exact) mass is 145 g/mol. The zero-order valence-electron chi connectivity index (χ0n) is 5.33. The average molecular weight is 145 g/mol. The van der Waals surface area contributed by atoms with Gasteiger partial charge in [0.1, 0.15) is 0 Å². The first-order chi connectivity index (χ1) is 4.33. The Kier molecular flexibility index (Phi) is 1.29. The molecule has 1 saturated heterocycles. The molecule has 0 bridgehead atoms. The summed E-state index contributed by atoms with van der Waals surface area (Å²) in [5.74, 6) is 2.31. The van der Waals surface area contributed by atoms with Crippen molar-refractivity contribution in [1.29, 1.82) is 0 Å². The van der Waals surface area contributed by atoms with Gasteiger partial charge >= 0.3 is 0 Å². The van der Waals surface area contributed by atoms with Crippen LogP contribution in [0.25, 0.3) is 0 Å². The van der Waals surface area contributed by atoms with E-state index in [2.05, 4.69) is 14.1 Å². The number of piperidine rings is 1. The largest absolute Gasteiger partial charge is 0.396 e. The van der Waals surface area contributed by atoms with Crippen molar-refractivity contribution < 1.29 is 5.11 Å². The molecular weight excluding hydrogens is 133 g/mol. The summed E-state index contributed by atoms with van der Waals surface area (Å²) in [5, 5.41) is 8.77. The molecule has 2 fully saturated rings. The zero-order chi connectivity index (χ0) is 6.43. The number of rotatable bonds is 1. The topological polar surface area (TPSA) is 23.5 Å². The van der Waals surface area contributed by atoms with E-state index in [4.69, 9.17) is 5.11 Å². The van der Waals surface area contributed by atoms with Gasteiger partial charge in [-0.2, -0.15) is 0 Å². The van der Waals surface area contributed by atoms with Crippen LogP contribution >= 0.6 is 9.39 Å². The first kappa shape index (κ1) is 6.09. The predicted molar refractivity (Wildman–Crippen MR) is 38.8 cm³/mol. The predicted octanol–water partition coefficient (Wildman–Crippen LogP) is -0.0534. The highest BCUT2D eigenvalue weighted by molar-refractivity contribution is 7.13. The second-order valence-corrected chi connectivity index (χ2v) is 3.86. The molecule has 2 rings (SSSR count). The van der Waals surface area contributed by atoms with E-state index >= 15 is 0 Å². The molecule has 1 N–H and O–H groups in total. The second kappa shape index (κ2) is 1.91. The van der Waals surface area contributed by atoms with Crippen LogP contribution in [0.15, 0.2) is 0 Å². The van der Waals surface area contributed by atoms with Crippen LogP contribution in [0.5, 0.6) is 0 Å². The van der Waals surface area contributed by atoms with E-state index in [0.29, 0.717) is 12.5 Å². The van der Waals surface area contributed by atoms with Gasteiger partial charge in [0.2, 0.25) is 0 Å². The van der Waals surface area contributed by atoms with E-state index in [-0.39, 0.29) is 0 Å². The Hall–Kier alpha value is 0.350. The Bertz CT molecular complexity index is 118. The van der Waals surface area contributed by atoms with Crippen LogP contribution in [0.4, 0.5) is 0 Å². The van der Waals surface area contributed by atoms with Crippen molar-refractivity contribution >= 4 is 9.39 Å². The normalized spacial score (nSPS) is 49.3. The lowest BCUT2D eigenvalue weighted by Crippen LogP contribution is -2.13. The molecule has 0 aromatic carbocycles. The zero-order valence-corrected chi connectivity index (χ0v) is 6.48.